The van der Waals surface area contributed by atoms with E-state index in [-0.39, 0.29) is 17.2 Å². The van der Waals surface area contributed by atoms with Crippen LogP contribution in [0.3, 0.4) is 0 Å². The van der Waals surface area contributed by atoms with E-state index < -0.39 is 18.4 Å². The van der Waals surface area contributed by atoms with E-state index in [1.165, 1.54) is 19.2 Å². The minimum atomic E-state index is -0.702. The van der Waals surface area contributed by atoms with E-state index in [4.69, 9.17) is 14.2 Å². The number of esters is 1. The molecule has 0 radical (unpaired) electrons. The molecule has 0 bridgehead atoms. The first-order chi connectivity index (χ1) is 15.3. The number of para-hydroxylation sites is 2. The standard InChI is InChI=1S/C24H25N3O5/c1-15(2)32-21-11-10-16(12-22(21)30-5)24(29)31-14-20(28)17(13-25)23-26(3)18-8-6-7-9-19(18)27(23)4/h6-12,15H,14H2,1-5H3. The molecule has 1 aliphatic heterocycles. The van der Waals surface area contributed by atoms with E-state index in [2.05, 4.69) is 0 Å². The van der Waals surface area contributed by atoms with Gasteiger partial charge in [-0.05, 0) is 44.2 Å². The van der Waals surface area contributed by atoms with Gasteiger partial charge in [0, 0.05) is 14.1 Å². The number of nitriles is 1. The van der Waals surface area contributed by atoms with Crippen molar-refractivity contribution in [2.45, 2.75) is 20.0 Å². The van der Waals surface area contributed by atoms with Gasteiger partial charge in [-0.1, -0.05) is 12.1 Å². The van der Waals surface area contributed by atoms with Crippen LogP contribution >= 0.6 is 0 Å². The van der Waals surface area contributed by atoms with Crippen LogP contribution in [0.25, 0.3) is 0 Å². The molecular formula is C24H25N3O5. The molecule has 1 aliphatic rings. The van der Waals surface area contributed by atoms with Crippen LogP contribution < -0.4 is 19.3 Å². The number of hydrogen-bond acceptors (Lipinski definition) is 8. The summed E-state index contributed by atoms with van der Waals surface area (Å²) in [5.74, 6) is 0.0249. The van der Waals surface area contributed by atoms with Crippen LogP contribution in [-0.4, -0.2) is 45.7 Å². The maximum Gasteiger partial charge on any atom is 0.338 e. The van der Waals surface area contributed by atoms with Crippen LogP contribution in [0.5, 0.6) is 11.5 Å². The molecule has 2 aromatic rings. The average molecular weight is 435 g/mol. The first kappa shape index (κ1) is 22.7. The Balaban J connectivity index is 1.76. The molecule has 166 valence electrons. The van der Waals surface area contributed by atoms with Gasteiger partial charge in [-0.2, -0.15) is 5.26 Å². The second-order valence-electron chi connectivity index (χ2n) is 7.45. The first-order valence-electron chi connectivity index (χ1n) is 10.0. The number of hydrogen-bond donors (Lipinski definition) is 0. The first-order valence-corrected chi connectivity index (χ1v) is 10.0. The molecule has 0 aromatic heterocycles. The average Bonchev–Trinajstić information content (AvgIpc) is 3.03. The monoisotopic (exact) mass is 435 g/mol. The van der Waals surface area contributed by atoms with E-state index in [0.29, 0.717) is 17.3 Å². The molecule has 2 aromatic carbocycles. The van der Waals surface area contributed by atoms with Crippen molar-refractivity contribution < 1.29 is 23.8 Å². The molecule has 0 N–H and O–H groups in total. The summed E-state index contributed by atoms with van der Waals surface area (Å²) in [5.41, 5.74) is 1.87. The molecule has 0 spiro atoms. The van der Waals surface area contributed by atoms with E-state index in [1.807, 2.05) is 44.2 Å². The van der Waals surface area contributed by atoms with E-state index in [1.54, 1.807) is 30.0 Å². The topological polar surface area (TPSA) is 92.1 Å². The third-order valence-corrected chi connectivity index (χ3v) is 4.95. The summed E-state index contributed by atoms with van der Waals surface area (Å²) >= 11 is 0. The van der Waals surface area contributed by atoms with Gasteiger partial charge in [0.1, 0.15) is 17.5 Å². The van der Waals surface area contributed by atoms with Crippen LogP contribution in [0.15, 0.2) is 53.9 Å². The second-order valence-corrected chi connectivity index (χ2v) is 7.45. The number of ether oxygens (including phenoxy) is 3. The van der Waals surface area contributed by atoms with E-state index in [9.17, 15) is 14.9 Å². The van der Waals surface area contributed by atoms with Gasteiger partial charge in [-0.15, -0.1) is 0 Å². The number of benzene rings is 2. The molecule has 0 atom stereocenters. The zero-order chi connectivity index (χ0) is 23.4. The maximum atomic E-state index is 12.8. The fraction of sp³-hybridized carbons (Fsp3) is 0.292. The summed E-state index contributed by atoms with van der Waals surface area (Å²) in [5, 5.41) is 9.67. The molecule has 1 heterocycles. The Morgan fingerprint density at radius 3 is 2.19 bits per heavy atom. The molecule has 0 unspecified atom stereocenters. The summed E-state index contributed by atoms with van der Waals surface area (Å²) in [6.45, 7) is 3.20. The van der Waals surface area contributed by atoms with Crippen molar-refractivity contribution in [1.29, 1.82) is 5.26 Å². The molecule has 0 amide bonds. The molecule has 32 heavy (non-hydrogen) atoms. The normalized spacial score (nSPS) is 12.3. The van der Waals surface area contributed by atoms with Crippen LogP contribution in [0.2, 0.25) is 0 Å². The SMILES string of the molecule is COc1cc(C(=O)OCC(=O)C(C#N)=C2N(C)c3ccccc3N2C)ccc1OC(C)C. The number of anilines is 2. The van der Waals surface area contributed by atoms with Gasteiger partial charge in [0.05, 0.1) is 30.2 Å². The number of rotatable bonds is 7. The van der Waals surface area contributed by atoms with Crippen molar-refractivity contribution in [2.75, 3.05) is 37.6 Å². The lowest BCUT2D eigenvalue weighted by Crippen LogP contribution is -2.27. The lowest BCUT2D eigenvalue weighted by molar-refractivity contribution is -0.118. The Hall–Kier alpha value is -3.99. The van der Waals surface area contributed by atoms with Crippen molar-refractivity contribution in [3.05, 3.63) is 59.4 Å². The van der Waals surface area contributed by atoms with Crippen molar-refractivity contribution in [3.8, 4) is 17.6 Å². The number of Topliss-reactive ketones (excluding diaryl/α,β-unsaturated/α-hetero) is 1. The third-order valence-electron chi connectivity index (χ3n) is 4.95. The van der Waals surface area contributed by atoms with Gasteiger partial charge in [-0.25, -0.2) is 4.79 Å². The van der Waals surface area contributed by atoms with Gasteiger partial charge >= 0.3 is 5.97 Å². The number of carbonyl (C=O) groups excluding carboxylic acids is 2. The Labute approximate surface area is 187 Å². The molecule has 8 nitrogen and oxygen atoms in total. The predicted molar refractivity (Wildman–Crippen MR) is 120 cm³/mol. The van der Waals surface area contributed by atoms with Crippen molar-refractivity contribution in [1.82, 2.24) is 0 Å². The minimum Gasteiger partial charge on any atom is -0.493 e. The molecular weight excluding hydrogens is 410 g/mol. The van der Waals surface area contributed by atoms with E-state index >= 15 is 0 Å². The fourth-order valence-corrected chi connectivity index (χ4v) is 3.49. The highest BCUT2D eigenvalue weighted by molar-refractivity contribution is 6.04. The number of methoxy groups -OCH3 is 1. The van der Waals surface area contributed by atoms with Gasteiger partial charge in [0.2, 0.25) is 5.78 Å². The second kappa shape index (κ2) is 9.43. The minimum absolute atomic E-state index is 0.0604. The zero-order valence-electron chi connectivity index (χ0n) is 18.7. The largest absolute Gasteiger partial charge is 0.493 e. The van der Waals surface area contributed by atoms with Gasteiger partial charge in [0.15, 0.2) is 18.1 Å². The smallest absolute Gasteiger partial charge is 0.338 e. The van der Waals surface area contributed by atoms with Crippen molar-refractivity contribution >= 4 is 23.1 Å². The molecule has 3 rings (SSSR count). The van der Waals surface area contributed by atoms with Gasteiger partial charge < -0.3 is 24.0 Å². The summed E-state index contributed by atoms with van der Waals surface area (Å²) in [4.78, 5) is 28.8. The number of ketones is 1. The van der Waals surface area contributed by atoms with Crippen LogP contribution in [-0.2, 0) is 9.53 Å². The fourth-order valence-electron chi connectivity index (χ4n) is 3.49. The van der Waals surface area contributed by atoms with Crippen molar-refractivity contribution in [2.24, 2.45) is 0 Å². The summed E-state index contributed by atoms with van der Waals surface area (Å²) in [6, 6.07) is 14.2. The Morgan fingerprint density at radius 1 is 1.03 bits per heavy atom. The number of fused-ring (bicyclic) bond motifs is 1. The Bertz CT molecular complexity index is 1090. The third kappa shape index (κ3) is 4.37. The van der Waals surface area contributed by atoms with Crippen LogP contribution in [0.4, 0.5) is 11.4 Å². The molecule has 0 aliphatic carbocycles. The van der Waals surface area contributed by atoms with E-state index in [0.717, 1.165) is 11.4 Å². The van der Waals surface area contributed by atoms with Gasteiger partial charge in [-0.3, -0.25) is 4.79 Å². The van der Waals surface area contributed by atoms with Crippen molar-refractivity contribution in [3.63, 3.8) is 0 Å². The summed E-state index contributed by atoms with van der Waals surface area (Å²) in [7, 11) is 5.03. The molecule has 0 saturated carbocycles. The molecule has 0 saturated heterocycles. The number of carbonyl (C=O) groups is 2. The maximum absolute atomic E-state index is 12.8. The highest BCUT2D eigenvalue weighted by Crippen LogP contribution is 2.40. The van der Waals surface area contributed by atoms with Crippen LogP contribution in [0, 0.1) is 11.3 Å². The number of nitrogens with zero attached hydrogens (tertiary/aromatic N) is 3. The Kier molecular flexibility index (Phi) is 6.69. The lowest BCUT2D eigenvalue weighted by atomic mass is 10.1. The zero-order valence-corrected chi connectivity index (χ0v) is 18.7. The lowest BCUT2D eigenvalue weighted by Gasteiger charge is -2.19. The van der Waals surface area contributed by atoms with Gasteiger partial charge in [0.25, 0.3) is 0 Å². The predicted octanol–water partition coefficient (Wildman–Crippen LogP) is 3.53. The quantitative estimate of drug-likeness (QED) is 0.371. The highest BCUT2D eigenvalue weighted by Gasteiger charge is 2.31. The Morgan fingerprint density at radius 2 is 1.66 bits per heavy atom. The molecule has 0 fully saturated rings. The van der Waals surface area contributed by atoms with Crippen LogP contribution in [0.1, 0.15) is 24.2 Å². The summed E-state index contributed by atoms with van der Waals surface area (Å²) in [6.07, 6.45) is -0.0604. The highest BCUT2D eigenvalue weighted by atomic mass is 16.5. The summed E-state index contributed by atoms with van der Waals surface area (Å²) < 4.78 is 16.1. The molecule has 8 heteroatoms.